The second-order valence-corrected chi connectivity index (χ2v) is 2.54. The molecule has 5 heteroatoms. The maximum Gasteiger partial charge on any atom is 0.404 e. The van der Waals surface area contributed by atoms with Crippen LogP contribution in [0.5, 0.6) is 0 Å². The van der Waals surface area contributed by atoms with Crippen molar-refractivity contribution in [2.24, 2.45) is 0 Å². The molecular weight excluding hydrogens is 202 g/mol. The molecule has 0 heterocycles. The fourth-order valence-corrected chi connectivity index (χ4v) is 0.854. The molecule has 0 bridgehead atoms. The number of hydrogen-bond acceptors (Lipinski definition) is 2. The van der Waals surface area contributed by atoms with E-state index in [1.807, 2.05) is 0 Å². The molecule has 0 fully saturated rings. The van der Waals surface area contributed by atoms with Crippen LogP contribution < -0.4 is 0 Å². The molecule has 0 radical (unpaired) electrons. The van der Waals surface area contributed by atoms with Gasteiger partial charge in [-0.3, -0.25) is 0 Å². The van der Waals surface area contributed by atoms with E-state index in [1.165, 1.54) is 6.07 Å². The van der Waals surface area contributed by atoms with Gasteiger partial charge in [-0.1, -0.05) is 6.07 Å². The summed E-state index contributed by atoms with van der Waals surface area (Å²) in [6.45, 7) is -0.499. The predicted octanol–water partition coefficient (Wildman–Crippen LogP) is 2.84. The minimum Gasteiger partial charge on any atom is -0.449 e. The molecule has 0 amide bonds. The summed E-state index contributed by atoms with van der Waals surface area (Å²) in [5.74, 6) is -1.53. The van der Waals surface area contributed by atoms with Gasteiger partial charge in [-0.2, -0.15) is 0 Å². The van der Waals surface area contributed by atoms with Crippen molar-refractivity contribution in [2.45, 2.75) is 6.61 Å². The minimum atomic E-state index is -1.09. The van der Waals surface area contributed by atoms with Gasteiger partial charge < -0.3 is 4.74 Å². The number of halogens is 3. The number of ether oxygens (including phenoxy) is 1. The first kappa shape index (κ1) is 9.92. The molecule has 13 heavy (non-hydrogen) atoms. The lowest BCUT2D eigenvalue weighted by atomic mass is 10.2. The Morgan fingerprint density at radius 2 is 1.92 bits per heavy atom. The van der Waals surface area contributed by atoms with Crippen molar-refractivity contribution in [2.75, 3.05) is 0 Å². The summed E-state index contributed by atoms with van der Waals surface area (Å²) in [7, 11) is 0. The number of carbonyl (C=O) groups excluding carboxylic acids is 1. The molecule has 0 saturated heterocycles. The highest BCUT2D eigenvalue weighted by atomic mass is 35.5. The Labute approximate surface area is 78.1 Å². The molecule has 1 aromatic carbocycles. The van der Waals surface area contributed by atoms with Crippen molar-refractivity contribution >= 4 is 17.0 Å². The van der Waals surface area contributed by atoms with E-state index in [1.54, 1.807) is 0 Å². The average Bonchev–Trinajstić information content (AvgIpc) is 2.03. The van der Waals surface area contributed by atoms with Crippen molar-refractivity contribution < 1.29 is 18.3 Å². The Kier molecular flexibility index (Phi) is 3.19. The van der Waals surface area contributed by atoms with E-state index in [9.17, 15) is 13.6 Å². The van der Waals surface area contributed by atoms with E-state index in [2.05, 4.69) is 4.74 Å². The summed E-state index contributed by atoms with van der Waals surface area (Å²) in [6, 6.07) is 3.36. The van der Waals surface area contributed by atoms with Gasteiger partial charge >= 0.3 is 5.43 Å². The molecular formula is C8H5ClF2O2. The van der Waals surface area contributed by atoms with Gasteiger partial charge in [0.2, 0.25) is 0 Å². The lowest BCUT2D eigenvalue weighted by Gasteiger charge is -2.03. The van der Waals surface area contributed by atoms with Crippen LogP contribution in [-0.4, -0.2) is 5.43 Å². The second-order valence-electron chi connectivity index (χ2n) is 2.23. The third-order valence-corrected chi connectivity index (χ3v) is 1.50. The monoisotopic (exact) mass is 206 g/mol. The van der Waals surface area contributed by atoms with Crippen LogP contribution in [0.4, 0.5) is 13.6 Å². The van der Waals surface area contributed by atoms with Crippen LogP contribution in [0.1, 0.15) is 5.56 Å². The highest BCUT2D eigenvalue weighted by molar-refractivity contribution is 6.61. The molecule has 0 N–H and O–H groups in total. The SMILES string of the molecule is O=C(Cl)OCc1c(F)cccc1F. The van der Waals surface area contributed by atoms with E-state index >= 15 is 0 Å². The number of carbonyl (C=O) groups is 1. The number of hydrogen-bond donors (Lipinski definition) is 0. The largest absolute Gasteiger partial charge is 0.449 e. The molecule has 0 saturated carbocycles. The topological polar surface area (TPSA) is 26.3 Å². The number of benzene rings is 1. The van der Waals surface area contributed by atoms with Gasteiger partial charge in [0.15, 0.2) is 0 Å². The van der Waals surface area contributed by atoms with Gasteiger partial charge in [-0.15, -0.1) is 0 Å². The summed E-state index contributed by atoms with van der Waals surface area (Å²) in [4.78, 5) is 10.1. The lowest BCUT2D eigenvalue weighted by molar-refractivity contribution is 0.164. The maximum atomic E-state index is 12.8. The zero-order valence-corrected chi connectivity index (χ0v) is 7.15. The Hall–Kier alpha value is -1.16. The van der Waals surface area contributed by atoms with Gasteiger partial charge in [-0.05, 0) is 12.1 Å². The third kappa shape index (κ3) is 2.66. The first-order valence-corrected chi connectivity index (χ1v) is 3.74. The van der Waals surface area contributed by atoms with Gasteiger partial charge in [0.25, 0.3) is 0 Å². The Bertz CT molecular complexity index is 308. The fraction of sp³-hybridized carbons (Fsp3) is 0.125. The molecule has 0 unspecified atom stereocenters. The van der Waals surface area contributed by atoms with Crippen molar-refractivity contribution in [1.82, 2.24) is 0 Å². The van der Waals surface area contributed by atoms with Crippen LogP contribution in [0.2, 0.25) is 0 Å². The molecule has 0 aliphatic carbocycles. The van der Waals surface area contributed by atoms with Gasteiger partial charge in [0.05, 0.1) is 5.56 Å². The Balaban J connectivity index is 2.81. The second kappa shape index (κ2) is 4.18. The maximum absolute atomic E-state index is 12.8. The smallest absolute Gasteiger partial charge is 0.404 e. The number of rotatable bonds is 2. The van der Waals surface area contributed by atoms with Crippen LogP contribution in [0, 0.1) is 11.6 Å². The molecule has 0 spiro atoms. The molecule has 0 atom stereocenters. The van der Waals surface area contributed by atoms with Gasteiger partial charge in [-0.25, -0.2) is 13.6 Å². The highest BCUT2D eigenvalue weighted by Gasteiger charge is 2.09. The Morgan fingerprint density at radius 1 is 1.38 bits per heavy atom. The molecule has 0 aliphatic heterocycles. The molecule has 0 aromatic heterocycles. The standard InChI is InChI=1S/C8H5ClF2O2/c9-8(12)13-4-5-6(10)2-1-3-7(5)11/h1-3H,4H2. The summed E-state index contributed by atoms with van der Waals surface area (Å²) < 4.78 is 29.9. The van der Waals surface area contributed by atoms with Crippen LogP contribution >= 0.6 is 11.6 Å². The zero-order valence-electron chi connectivity index (χ0n) is 6.39. The lowest BCUT2D eigenvalue weighted by Crippen LogP contribution is -2.00. The summed E-state index contributed by atoms with van der Waals surface area (Å²) >= 11 is 4.83. The predicted molar refractivity (Wildman–Crippen MR) is 42.4 cm³/mol. The molecule has 0 aliphatic rings. The van der Waals surface area contributed by atoms with E-state index < -0.39 is 23.7 Å². The molecule has 1 aromatic rings. The molecule has 2 nitrogen and oxygen atoms in total. The van der Waals surface area contributed by atoms with Crippen LogP contribution in [-0.2, 0) is 11.3 Å². The van der Waals surface area contributed by atoms with E-state index in [0.717, 1.165) is 12.1 Å². The average molecular weight is 207 g/mol. The summed E-state index contributed by atoms with van der Waals surface area (Å²) in [6.07, 6.45) is 0. The first-order chi connectivity index (χ1) is 6.11. The van der Waals surface area contributed by atoms with Crippen LogP contribution in [0.25, 0.3) is 0 Å². The van der Waals surface area contributed by atoms with Crippen LogP contribution in [0.3, 0.4) is 0 Å². The summed E-state index contributed by atoms with van der Waals surface area (Å²) in [5, 5.41) is 0. The van der Waals surface area contributed by atoms with E-state index in [0.29, 0.717) is 0 Å². The third-order valence-electron chi connectivity index (χ3n) is 1.39. The first-order valence-electron chi connectivity index (χ1n) is 3.36. The van der Waals surface area contributed by atoms with Gasteiger partial charge in [0.1, 0.15) is 18.2 Å². The normalized spacial score (nSPS) is 9.77. The van der Waals surface area contributed by atoms with Gasteiger partial charge in [0, 0.05) is 11.6 Å². The quantitative estimate of drug-likeness (QED) is 0.696. The van der Waals surface area contributed by atoms with Crippen molar-refractivity contribution in [3.63, 3.8) is 0 Å². The highest BCUT2D eigenvalue weighted by Crippen LogP contribution is 2.13. The van der Waals surface area contributed by atoms with Crippen LogP contribution in [0.15, 0.2) is 18.2 Å². The van der Waals surface area contributed by atoms with E-state index in [-0.39, 0.29) is 5.56 Å². The zero-order chi connectivity index (χ0) is 9.84. The fourth-order valence-electron chi connectivity index (χ4n) is 0.799. The van der Waals surface area contributed by atoms with Crippen molar-refractivity contribution in [3.8, 4) is 0 Å². The molecule has 1 rings (SSSR count). The van der Waals surface area contributed by atoms with E-state index in [4.69, 9.17) is 11.6 Å². The summed E-state index contributed by atoms with van der Waals surface area (Å²) in [5.41, 5.74) is -1.40. The van der Waals surface area contributed by atoms with Crippen molar-refractivity contribution in [1.29, 1.82) is 0 Å². The Morgan fingerprint density at radius 3 is 2.38 bits per heavy atom. The minimum absolute atomic E-state index is 0.309. The molecule has 70 valence electrons. The van der Waals surface area contributed by atoms with Crippen molar-refractivity contribution in [3.05, 3.63) is 35.4 Å².